The van der Waals surface area contributed by atoms with Crippen LogP contribution in [0.5, 0.6) is 0 Å². The normalized spacial score (nSPS) is 32.4. The Morgan fingerprint density at radius 1 is 1.20 bits per heavy atom. The minimum Gasteiger partial charge on any atom is -0.449 e. The van der Waals surface area contributed by atoms with Gasteiger partial charge in [-0.2, -0.15) is 0 Å². The minimum absolute atomic E-state index is 0. The van der Waals surface area contributed by atoms with E-state index in [0.29, 0.717) is 6.42 Å². The van der Waals surface area contributed by atoms with E-state index in [0.717, 1.165) is 6.42 Å². The molecular weight excluding hydrogens is 167 g/mol. The van der Waals surface area contributed by atoms with E-state index in [-0.39, 0.29) is 57.3 Å². The van der Waals surface area contributed by atoms with Crippen LogP contribution in [-0.2, 0) is 0 Å². The van der Waals surface area contributed by atoms with Gasteiger partial charge in [0, 0.05) is 0 Å². The average molecular weight is 176 g/mol. The predicted octanol–water partition coefficient (Wildman–Crippen LogP) is -0.362. The third-order valence-corrected chi connectivity index (χ3v) is 2.17. The van der Waals surface area contributed by atoms with E-state index >= 15 is 0 Å². The second kappa shape index (κ2) is 3.94. The molecule has 0 N–H and O–H groups in total. The van der Waals surface area contributed by atoms with Crippen LogP contribution in [0.3, 0.4) is 0 Å². The van der Waals surface area contributed by atoms with Crippen LogP contribution in [0.4, 0.5) is 12.9 Å². The fourth-order valence-corrected chi connectivity index (χ4v) is 1.25. The second-order valence-electron chi connectivity index (χ2n) is 2.84. The molecular formula is C5H9BF3K. The number of hydrogen-bond acceptors (Lipinski definition) is 0. The van der Waals surface area contributed by atoms with Crippen molar-refractivity contribution < 1.29 is 64.3 Å². The molecule has 0 amide bonds. The first-order chi connectivity index (χ1) is 4.02. The summed E-state index contributed by atoms with van der Waals surface area (Å²) in [6.07, 6.45) is 1.12. The molecule has 0 bridgehead atoms. The molecule has 0 aromatic rings. The Kier molecular flexibility index (Phi) is 4.53. The number of hydrogen-bond donors (Lipinski definition) is 0. The summed E-state index contributed by atoms with van der Waals surface area (Å²) in [6.45, 7) is -2.85. The fourth-order valence-electron chi connectivity index (χ4n) is 1.25. The Hall–Kier alpha value is 1.49. The van der Waals surface area contributed by atoms with Gasteiger partial charge in [-0.15, -0.1) is 0 Å². The molecule has 54 valence electrons. The predicted molar refractivity (Wildman–Crippen MR) is 31.2 cm³/mol. The van der Waals surface area contributed by atoms with Crippen LogP contribution in [-0.4, -0.2) is 6.98 Å². The molecule has 0 aromatic heterocycles. The van der Waals surface area contributed by atoms with E-state index in [2.05, 4.69) is 0 Å². The van der Waals surface area contributed by atoms with Crippen molar-refractivity contribution in [2.45, 2.75) is 25.6 Å². The summed E-state index contributed by atoms with van der Waals surface area (Å²) < 4.78 is 35.4. The zero-order valence-corrected chi connectivity index (χ0v) is 9.40. The van der Waals surface area contributed by atoms with Crippen LogP contribution in [0.2, 0.25) is 5.82 Å². The Morgan fingerprint density at radius 2 is 1.70 bits per heavy atom. The molecule has 0 saturated heterocycles. The van der Waals surface area contributed by atoms with Crippen LogP contribution in [0, 0.1) is 5.92 Å². The van der Waals surface area contributed by atoms with Crippen LogP contribution >= 0.6 is 0 Å². The molecule has 2 unspecified atom stereocenters. The smallest absolute Gasteiger partial charge is 0.449 e. The van der Waals surface area contributed by atoms with Gasteiger partial charge in [0.2, 0.25) is 0 Å². The van der Waals surface area contributed by atoms with Crippen LogP contribution in [0.15, 0.2) is 0 Å². The molecule has 0 aromatic carbocycles. The van der Waals surface area contributed by atoms with Gasteiger partial charge in [-0.3, -0.25) is 0 Å². The number of rotatable bonds is 1. The molecule has 0 nitrogen and oxygen atoms in total. The molecule has 2 atom stereocenters. The SMILES string of the molecule is CC1CCC1[B-](F)(F)F.[K+]. The Morgan fingerprint density at radius 3 is 1.70 bits per heavy atom. The van der Waals surface area contributed by atoms with Gasteiger partial charge in [0.05, 0.1) is 0 Å². The van der Waals surface area contributed by atoms with E-state index < -0.39 is 12.8 Å². The molecule has 0 radical (unpaired) electrons. The summed E-state index contributed by atoms with van der Waals surface area (Å²) in [7, 11) is 0. The van der Waals surface area contributed by atoms with Crippen molar-refractivity contribution in [1.29, 1.82) is 0 Å². The molecule has 1 rings (SSSR count). The summed E-state index contributed by atoms with van der Waals surface area (Å²) in [5.74, 6) is -1.05. The zero-order chi connectivity index (χ0) is 7.07. The number of halogens is 3. The van der Waals surface area contributed by atoms with Gasteiger partial charge < -0.3 is 12.9 Å². The molecule has 1 aliphatic carbocycles. The van der Waals surface area contributed by atoms with Crippen molar-refractivity contribution in [3.8, 4) is 0 Å². The zero-order valence-electron chi connectivity index (χ0n) is 6.28. The molecule has 10 heavy (non-hydrogen) atoms. The Labute approximate surface area is 101 Å². The van der Waals surface area contributed by atoms with Crippen molar-refractivity contribution >= 4 is 6.98 Å². The van der Waals surface area contributed by atoms with E-state index in [4.69, 9.17) is 0 Å². The maximum atomic E-state index is 11.8. The van der Waals surface area contributed by atoms with Gasteiger partial charge in [-0.25, -0.2) is 0 Å². The van der Waals surface area contributed by atoms with Crippen LogP contribution in [0.25, 0.3) is 0 Å². The van der Waals surface area contributed by atoms with E-state index in [1.165, 1.54) is 0 Å². The fraction of sp³-hybridized carbons (Fsp3) is 1.00. The molecule has 1 saturated carbocycles. The monoisotopic (exact) mass is 176 g/mol. The maximum Gasteiger partial charge on any atom is 1.00 e. The summed E-state index contributed by atoms with van der Waals surface area (Å²) in [5, 5.41) is 0. The van der Waals surface area contributed by atoms with Crippen LogP contribution < -0.4 is 51.4 Å². The Balaban J connectivity index is 0.000000810. The third kappa shape index (κ3) is 2.52. The first-order valence-corrected chi connectivity index (χ1v) is 3.22. The average Bonchev–Trinajstić information content (AvgIpc) is 1.57. The summed E-state index contributed by atoms with van der Waals surface area (Å²) in [5.41, 5.74) is 0. The Bertz CT molecular complexity index is 114. The van der Waals surface area contributed by atoms with Gasteiger partial charge in [0.15, 0.2) is 0 Å². The summed E-state index contributed by atoms with van der Waals surface area (Å²) in [4.78, 5) is 0. The van der Waals surface area contributed by atoms with Crippen molar-refractivity contribution in [2.24, 2.45) is 5.92 Å². The van der Waals surface area contributed by atoms with E-state index in [9.17, 15) is 12.9 Å². The third-order valence-electron chi connectivity index (χ3n) is 2.17. The first-order valence-electron chi connectivity index (χ1n) is 3.22. The van der Waals surface area contributed by atoms with Gasteiger partial charge in [-0.1, -0.05) is 31.5 Å². The summed E-state index contributed by atoms with van der Waals surface area (Å²) in [6, 6.07) is 0. The summed E-state index contributed by atoms with van der Waals surface area (Å²) >= 11 is 0. The second-order valence-corrected chi connectivity index (χ2v) is 2.84. The largest absolute Gasteiger partial charge is 1.00 e. The molecule has 0 heterocycles. The van der Waals surface area contributed by atoms with Crippen molar-refractivity contribution in [3.63, 3.8) is 0 Å². The van der Waals surface area contributed by atoms with Gasteiger partial charge in [0.25, 0.3) is 0 Å². The van der Waals surface area contributed by atoms with Crippen molar-refractivity contribution in [2.75, 3.05) is 0 Å². The van der Waals surface area contributed by atoms with Gasteiger partial charge in [-0.05, 0) is 0 Å². The molecule has 1 fully saturated rings. The van der Waals surface area contributed by atoms with E-state index in [1.807, 2.05) is 0 Å². The van der Waals surface area contributed by atoms with Crippen molar-refractivity contribution in [1.82, 2.24) is 0 Å². The topological polar surface area (TPSA) is 0 Å². The van der Waals surface area contributed by atoms with Crippen LogP contribution in [0.1, 0.15) is 19.8 Å². The molecule has 0 aliphatic heterocycles. The van der Waals surface area contributed by atoms with Crippen molar-refractivity contribution in [3.05, 3.63) is 0 Å². The van der Waals surface area contributed by atoms with Gasteiger partial charge in [0.1, 0.15) is 0 Å². The minimum atomic E-state index is -4.52. The first kappa shape index (κ1) is 11.5. The van der Waals surface area contributed by atoms with Gasteiger partial charge >= 0.3 is 58.4 Å². The maximum absolute atomic E-state index is 11.8. The standard InChI is InChI=1S/C5H9BF3.K/c1-4-2-3-5(4)6(7,8)9;/h4-5H,2-3H2,1H3;/q-1;+1. The molecule has 5 heteroatoms. The molecule has 0 spiro atoms. The van der Waals surface area contributed by atoms with E-state index in [1.54, 1.807) is 6.92 Å². The molecule has 1 aliphatic rings. The quantitative estimate of drug-likeness (QED) is 0.478.